The lowest BCUT2D eigenvalue weighted by Crippen LogP contribution is -2.39. The van der Waals surface area contributed by atoms with Gasteiger partial charge in [-0.05, 0) is 63.9 Å². The van der Waals surface area contributed by atoms with Crippen molar-refractivity contribution in [3.8, 4) is 5.75 Å². The second-order valence-electron chi connectivity index (χ2n) is 7.66. The van der Waals surface area contributed by atoms with Crippen molar-refractivity contribution in [2.24, 2.45) is 4.99 Å². The quantitative estimate of drug-likeness (QED) is 0.342. The molecule has 1 aromatic heterocycles. The maximum atomic E-state index is 5.33. The van der Waals surface area contributed by atoms with E-state index in [9.17, 15) is 0 Å². The van der Waals surface area contributed by atoms with E-state index in [-0.39, 0.29) is 0 Å². The highest BCUT2D eigenvalue weighted by atomic mass is 32.1. The number of guanidine groups is 1. The van der Waals surface area contributed by atoms with Crippen LogP contribution < -0.4 is 15.4 Å². The van der Waals surface area contributed by atoms with Gasteiger partial charge >= 0.3 is 0 Å². The Labute approximate surface area is 184 Å². The van der Waals surface area contributed by atoms with Gasteiger partial charge in [-0.25, -0.2) is 4.98 Å². The number of aromatic nitrogens is 1. The summed E-state index contributed by atoms with van der Waals surface area (Å²) < 4.78 is 5.33. The molecule has 1 fully saturated rings. The molecule has 1 atom stereocenters. The third kappa shape index (κ3) is 6.71. The Hall–Kier alpha value is -2.12. The lowest BCUT2D eigenvalue weighted by molar-refractivity contribution is 0.251. The molecule has 1 aromatic carbocycles. The van der Waals surface area contributed by atoms with Gasteiger partial charge < -0.3 is 15.4 Å². The number of rotatable bonds is 10. The minimum absolute atomic E-state index is 0.298. The Bertz CT molecular complexity index is 783. The molecule has 1 aliphatic heterocycles. The third-order valence-corrected chi connectivity index (χ3v) is 6.40. The van der Waals surface area contributed by atoms with E-state index in [0.29, 0.717) is 6.04 Å². The highest BCUT2D eigenvalue weighted by molar-refractivity contribution is 7.09. The Balaban J connectivity index is 1.59. The predicted octanol–water partition coefficient (Wildman–Crippen LogP) is 3.78. The van der Waals surface area contributed by atoms with Crippen LogP contribution in [0.2, 0.25) is 0 Å². The highest BCUT2D eigenvalue weighted by Gasteiger charge is 2.23. The SMILES string of the molecule is CCNC(=NCC(c1ccc(OC)cc1)N1CCCC1)NCCCc1nc(C)cs1. The topological polar surface area (TPSA) is 61.8 Å². The van der Waals surface area contributed by atoms with Gasteiger partial charge in [-0.1, -0.05) is 12.1 Å². The summed E-state index contributed by atoms with van der Waals surface area (Å²) in [4.78, 5) is 12.0. The van der Waals surface area contributed by atoms with Crippen LogP contribution in [0.1, 0.15) is 48.5 Å². The smallest absolute Gasteiger partial charge is 0.191 e. The average molecular weight is 430 g/mol. The Morgan fingerprint density at radius 3 is 2.63 bits per heavy atom. The van der Waals surface area contributed by atoms with Gasteiger partial charge in [0, 0.05) is 30.6 Å². The first-order chi connectivity index (χ1) is 14.7. The maximum absolute atomic E-state index is 5.33. The first-order valence-electron chi connectivity index (χ1n) is 11.0. The van der Waals surface area contributed by atoms with Crippen molar-refractivity contribution < 1.29 is 4.74 Å². The minimum Gasteiger partial charge on any atom is -0.497 e. The van der Waals surface area contributed by atoms with E-state index in [4.69, 9.17) is 9.73 Å². The molecule has 2 aromatic rings. The average Bonchev–Trinajstić information content (AvgIpc) is 3.44. The summed E-state index contributed by atoms with van der Waals surface area (Å²) in [5, 5.41) is 10.2. The summed E-state index contributed by atoms with van der Waals surface area (Å²) in [7, 11) is 1.71. The zero-order chi connectivity index (χ0) is 21.2. The highest BCUT2D eigenvalue weighted by Crippen LogP contribution is 2.27. The van der Waals surface area contributed by atoms with E-state index in [1.807, 2.05) is 19.1 Å². The van der Waals surface area contributed by atoms with Crippen molar-refractivity contribution in [2.45, 2.75) is 45.6 Å². The second-order valence-corrected chi connectivity index (χ2v) is 8.61. The van der Waals surface area contributed by atoms with Crippen molar-refractivity contribution in [1.82, 2.24) is 20.5 Å². The number of aliphatic imine (C=N–C) groups is 1. The molecule has 0 radical (unpaired) electrons. The van der Waals surface area contributed by atoms with Crippen molar-refractivity contribution in [2.75, 3.05) is 39.8 Å². The Morgan fingerprint density at radius 2 is 2.00 bits per heavy atom. The zero-order valence-corrected chi connectivity index (χ0v) is 19.3. The normalized spacial score (nSPS) is 15.9. The van der Waals surface area contributed by atoms with Gasteiger partial charge in [0.15, 0.2) is 5.96 Å². The zero-order valence-electron chi connectivity index (χ0n) is 18.5. The Kier molecular flexibility index (Phi) is 8.96. The van der Waals surface area contributed by atoms with Gasteiger partial charge in [0.2, 0.25) is 0 Å². The number of hydrogen-bond donors (Lipinski definition) is 2. The van der Waals surface area contributed by atoms with Crippen LogP contribution in [0.4, 0.5) is 0 Å². The molecule has 30 heavy (non-hydrogen) atoms. The molecule has 164 valence electrons. The molecule has 0 saturated carbocycles. The minimum atomic E-state index is 0.298. The van der Waals surface area contributed by atoms with Crippen LogP contribution >= 0.6 is 11.3 Å². The number of benzene rings is 1. The molecule has 0 amide bonds. The molecule has 1 saturated heterocycles. The molecule has 0 bridgehead atoms. The largest absolute Gasteiger partial charge is 0.497 e. The van der Waals surface area contributed by atoms with E-state index < -0.39 is 0 Å². The second kappa shape index (κ2) is 11.9. The number of methoxy groups -OCH3 is 1. The van der Waals surface area contributed by atoms with Crippen LogP contribution in [0.3, 0.4) is 0 Å². The van der Waals surface area contributed by atoms with Crippen LogP contribution in [0, 0.1) is 6.92 Å². The summed E-state index contributed by atoms with van der Waals surface area (Å²) in [5.74, 6) is 1.79. The number of nitrogens with one attached hydrogen (secondary N) is 2. The lowest BCUT2D eigenvalue weighted by atomic mass is 10.1. The molecule has 7 heteroatoms. The van der Waals surface area contributed by atoms with Crippen molar-refractivity contribution >= 4 is 17.3 Å². The molecular weight excluding hydrogens is 394 g/mol. The third-order valence-electron chi connectivity index (χ3n) is 5.37. The number of ether oxygens (including phenoxy) is 1. The van der Waals surface area contributed by atoms with Crippen LogP contribution in [0.15, 0.2) is 34.6 Å². The molecule has 3 rings (SSSR count). The van der Waals surface area contributed by atoms with Crippen molar-refractivity contribution in [3.63, 3.8) is 0 Å². The number of hydrogen-bond acceptors (Lipinski definition) is 5. The van der Waals surface area contributed by atoms with Gasteiger partial charge in [0.25, 0.3) is 0 Å². The molecule has 0 aliphatic carbocycles. The summed E-state index contributed by atoms with van der Waals surface area (Å²) in [5.41, 5.74) is 2.42. The number of likely N-dealkylation sites (tertiary alicyclic amines) is 1. The lowest BCUT2D eigenvalue weighted by Gasteiger charge is -2.27. The van der Waals surface area contributed by atoms with E-state index in [1.54, 1.807) is 18.4 Å². The maximum Gasteiger partial charge on any atom is 0.191 e. The first-order valence-corrected chi connectivity index (χ1v) is 11.9. The number of thiazole rings is 1. The van der Waals surface area contributed by atoms with E-state index in [0.717, 1.165) is 63.0 Å². The number of nitrogens with zero attached hydrogens (tertiary/aromatic N) is 3. The summed E-state index contributed by atoms with van der Waals surface area (Å²) >= 11 is 1.75. The first kappa shape index (κ1) is 22.6. The molecular formula is C23H35N5OS. The van der Waals surface area contributed by atoms with E-state index >= 15 is 0 Å². The Morgan fingerprint density at radius 1 is 1.23 bits per heavy atom. The van der Waals surface area contributed by atoms with Crippen LogP contribution in [-0.4, -0.2) is 55.7 Å². The fourth-order valence-corrected chi connectivity index (χ4v) is 4.61. The molecule has 1 aliphatic rings. The molecule has 2 heterocycles. The van der Waals surface area contributed by atoms with Crippen LogP contribution in [0.5, 0.6) is 5.75 Å². The van der Waals surface area contributed by atoms with Gasteiger partial charge in [-0.2, -0.15) is 0 Å². The fourth-order valence-electron chi connectivity index (χ4n) is 3.79. The summed E-state index contributed by atoms with van der Waals surface area (Å²) in [6, 6.07) is 8.74. The van der Waals surface area contributed by atoms with E-state index in [1.165, 1.54) is 23.4 Å². The van der Waals surface area contributed by atoms with Gasteiger partial charge in [-0.3, -0.25) is 9.89 Å². The van der Waals surface area contributed by atoms with Crippen molar-refractivity contribution in [3.05, 3.63) is 45.9 Å². The predicted molar refractivity (Wildman–Crippen MR) is 126 cm³/mol. The van der Waals surface area contributed by atoms with Gasteiger partial charge in [-0.15, -0.1) is 11.3 Å². The molecule has 0 spiro atoms. The van der Waals surface area contributed by atoms with E-state index in [2.05, 4.69) is 45.0 Å². The standard InChI is InChI=1S/C23H35N5OS/c1-4-24-23(25-13-7-8-22-27-18(2)17-30-22)26-16-21(28-14-5-6-15-28)19-9-11-20(29-3)12-10-19/h9-12,17,21H,4-8,13-16H2,1-3H3,(H2,24,25,26). The van der Waals surface area contributed by atoms with Crippen LogP contribution in [-0.2, 0) is 6.42 Å². The fraction of sp³-hybridized carbons (Fsp3) is 0.565. The van der Waals surface area contributed by atoms with Gasteiger partial charge in [0.05, 0.1) is 24.7 Å². The van der Waals surface area contributed by atoms with Crippen molar-refractivity contribution in [1.29, 1.82) is 0 Å². The van der Waals surface area contributed by atoms with Gasteiger partial charge in [0.1, 0.15) is 5.75 Å². The summed E-state index contributed by atoms with van der Waals surface area (Å²) in [6.45, 7) is 8.93. The molecule has 1 unspecified atom stereocenters. The molecule has 6 nitrogen and oxygen atoms in total. The number of aryl methyl sites for hydroxylation is 2. The summed E-state index contributed by atoms with van der Waals surface area (Å²) in [6.07, 6.45) is 4.59. The molecule has 2 N–H and O–H groups in total. The monoisotopic (exact) mass is 429 g/mol. The van der Waals surface area contributed by atoms with Crippen LogP contribution in [0.25, 0.3) is 0 Å².